The number of para-hydroxylation sites is 1. The van der Waals surface area contributed by atoms with Gasteiger partial charge in [-0.1, -0.05) is 18.2 Å². The maximum Gasteiger partial charge on any atom is 0.0699 e. The third-order valence-electron chi connectivity index (χ3n) is 3.17. The van der Waals surface area contributed by atoms with Crippen molar-refractivity contribution in [2.75, 3.05) is 0 Å². The van der Waals surface area contributed by atoms with Crippen LogP contribution in [0, 0.1) is 6.92 Å². The molecular weight excluding hydrogens is 212 g/mol. The number of H-pyrrole nitrogens is 2. The molecule has 0 aliphatic carbocycles. The summed E-state index contributed by atoms with van der Waals surface area (Å²) < 4.78 is 0. The van der Waals surface area contributed by atoms with Gasteiger partial charge in [-0.2, -0.15) is 0 Å². The van der Waals surface area contributed by atoms with Crippen LogP contribution in [0.5, 0.6) is 0 Å². The molecule has 3 aromatic rings. The number of aliphatic hydroxyl groups excluding tert-OH is 1. The zero-order valence-corrected chi connectivity index (χ0v) is 9.62. The lowest BCUT2D eigenvalue weighted by molar-refractivity contribution is 0.281. The van der Waals surface area contributed by atoms with Crippen LogP contribution in [0.3, 0.4) is 0 Å². The molecule has 2 heterocycles. The zero-order valence-electron chi connectivity index (χ0n) is 9.62. The Labute approximate surface area is 99.1 Å². The third kappa shape index (κ3) is 1.56. The highest BCUT2D eigenvalue weighted by Crippen LogP contribution is 2.29. The molecule has 0 saturated carbocycles. The maximum atomic E-state index is 9.21. The Morgan fingerprint density at radius 3 is 2.82 bits per heavy atom. The largest absolute Gasteiger partial charge is 0.392 e. The van der Waals surface area contributed by atoms with Gasteiger partial charge in [0, 0.05) is 34.1 Å². The molecule has 0 aliphatic heterocycles. The summed E-state index contributed by atoms with van der Waals surface area (Å²) in [6, 6.07) is 10.2. The minimum atomic E-state index is 0.0741. The summed E-state index contributed by atoms with van der Waals surface area (Å²) in [5.74, 6) is 0. The number of aromatic amines is 2. The number of fused-ring (bicyclic) bond motifs is 1. The Hall–Kier alpha value is -2.00. The number of nitrogens with one attached hydrogen (secondary N) is 2. The second-order valence-corrected chi connectivity index (χ2v) is 4.24. The van der Waals surface area contributed by atoms with Crippen LogP contribution in [-0.4, -0.2) is 15.1 Å². The number of aromatic nitrogens is 2. The second-order valence-electron chi connectivity index (χ2n) is 4.24. The predicted molar refractivity (Wildman–Crippen MR) is 68.7 cm³/mol. The smallest absolute Gasteiger partial charge is 0.0699 e. The molecular formula is C14H14N2O. The molecule has 0 bridgehead atoms. The minimum absolute atomic E-state index is 0.0741. The van der Waals surface area contributed by atoms with Gasteiger partial charge >= 0.3 is 0 Å². The van der Waals surface area contributed by atoms with Crippen molar-refractivity contribution in [1.82, 2.24) is 9.97 Å². The molecule has 0 fully saturated rings. The first kappa shape index (κ1) is 10.2. The standard InChI is InChI=1S/C14H14N2O/c1-9-10(8-17)6-14(16-9)12-7-15-13-5-3-2-4-11(12)13/h2-7,15-17H,8H2,1H3. The van der Waals surface area contributed by atoms with Gasteiger partial charge in [-0.25, -0.2) is 0 Å². The summed E-state index contributed by atoms with van der Waals surface area (Å²) in [4.78, 5) is 6.56. The van der Waals surface area contributed by atoms with Gasteiger partial charge in [0.1, 0.15) is 0 Å². The van der Waals surface area contributed by atoms with Crippen molar-refractivity contribution in [3.63, 3.8) is 0 Å². The molecule has 3 heteroatoms. The van der Waals surface area contributed by atoms with Crippen LogP contribution in [0.25, 0.3) is 22.2 Å². The molecule has 86 valence electrons. The summed E-state index contributed by atoms with van der Waals surface area (Å²) in [6.45, 7) is 2.05. The van der Waals surface area contributed by atoms with E-state index in [2.05, 4.69) is 22.1 Å². The van der Waals surface area contributed by atoms with E-state index >= 15 is 0 Å². The molecule has 0 unspecified atom stereocenters. The van der Waals surface area contributed by atoms with Crippen molar-refractivity contribution in [3.05, 3.63) is 47.8 Å². The summed E-state index contributed by atoms with van der Waals surface area (Å²) >= 11 is 0. The predicted octanol–water partition coefficient (Wildman–Crippen LogP) is 2.96. The van der Waals surface area contributed by atoms with Crippen molar-refractivity contribution in [2.45, 2.75) is 13.5 Å². The van der Waals surface area contributed by atoms with E-state index in [9.17, 15) is 5.11 Å². The fraction of sp³-hybridized carbons (Fsp3) is 0.143. The van der Waals surface area contributed by atoms with Crippen LogP contribution < -0.4 is 0 Å². The Morgan fingerprint density at radius 2 is 2.06 bits per heavy atom. The van der Waals surface area contributed by atoms with E-state index in [-0.39, 0.29) is 6.61 Å². The van der Waals surface area contributed by atoms with Crippen LogP contribution in [0.2, 0.25) is 0 Å². The van der Waals surface area contributed by atoms with E-state index in [4.69, 9.17) is 0 Å². The molecule has 0 aliphatic rings. The van der Waals surface area contributed by atoms with E-state index in [0.29, 0.717) is 0 Å². The molecule has 0 saturated heterocycles. The van der Waals surface area contributed by atoms with Crippen molar-refractivity contribution in [3.8, 4) is 11.3 Å². The van der Waals surface area contributed by atoms with E-state index in [1.165, 1.54) is 5.39 Å². The fourth-order valence-electron chi connectivity index (χ4n) is 2.20. The van der Waals surface area contributed by atoms with Crippen LogP contribution >= 0.6 is 0 Å². The molecule has 0 amide bonds. The number of hydrogen-bond donors (Lipinski definition) is 3. The fourth-order valence-corrected chi connectivity index (χ4v) is 2.20. The van der Waals surface area contributed by atoms with Crippen molar-refractivity contribution < 1.29 is 5.11 Å². The Bertz CT molecular complexity index is 664. The molecule has 2 aromatic heterocycles. The van der Waals surface area contributed by atoms with Crippen molar-refractivity contribution >= 4 is 10.9 Å². The topological polar surface area (TPSA) is 51.8 Å². The average Bonchev–Trinajstić information content (AvgIpc) is 2.92. The molecule has 3 N–H and O–H groups in total. The summed E-state index contributed by atoms with van der Waals surface area (Å²) in [6.07, 6.45) is 2.00. The summed E-state index contributed by atoms with van der Waals surface area (Å²) in [5.41, 5.74) is 5.28. The summed E-state index contributed by atoms with van der Waals surface area (Å²) in [7, 11) is 0. The Balaban J connectivity index is 2.20. The molecule has 0 atom stereocenters. The molecule has 0 radical (unpaired) electrons. The van der Waals surface area contributed by atoms with Crippen LogP contribution in [0.4, 0.5) is 0 Å². The lowest BCUT2D eigenvalue weighted by atomic mass is 10.1. The van der Waals surface area contributed by atoms with Gasteiger partial charge in [0.15, 0.2) is 0 Å². The number of benzene rings is 1. The van der Waals surface area contributed by atoms with Crippen LogP contribution in [0.1, 0.15) is 11.3 Å². The van der Waals surface area contributed by atoms with E-state index < -0.39 is 0 Å². The normalized spacial score (nSPS) is 11.2. The van der Waals surface area contributed by atoms with Gasteiger partial charge in [0.05, 0.1) is 6.61 Å². The second kappa shape index (κ2) is 3.79. The van der Waals surface area contributed by atoms with Gasteiger partial charge in [0.2, 0.25) is 0 Å². The molecule has 17 heavy (non-hydrogen) atoms. The Kier molecular flexibility index (Phi) is 2.27. The summed E-state index contributed by atoms with van der Waals surface area (Å²) in [5, 5.41) is 10.4. The first-order valence-corrected chi connectivity index (χ1v) is 5.65. The van der Waals surface area contributed by atoms with E-state index in [1.807, 2.05) is 31.3 Å². The quantitative estimate of drug-likeness (QED) is 0.618. The van der Waals surface area contributed by atoms with E-state index in [0.717, 1.165) is 28.0 Å². The molecule has 1 aromatic carbocycles. The van der Waals surface area contributed by atoms with Crippen LogP contribution in [0.15, 0.2) is 36.5 Å². The minimum Gasteiger partial charge on any atom is -0.392 e. The zero-order chi connectivity index (χ0) is 11.8. The van der Waals surface area contributed by atoms with Gasteiger partial charge in [-0.05, 0) is 24.6 Å². The molecule has 0 spiro atoms. The van der Waals surface area contributed by atoms with Crippen molar-refractivity contribution in [2.24, 2.45) is 0 Å². The Morgan fingerprint density at radius 1 is 1.24 bits per heavy atom. The molecule has 3 nitrogen and oxygen atoms in total. The lowest BCUT2D eigenvalue weighted by Crippen LogP contribution is -1.81. The lowest BCUT2D eigenvalue weighted by Gasteiger charge is -1.94. The molecule has 3 rings (SSSR count). The monoisotopic (exact) mass is 226 g/mol. The number of rotatable bonds is 2. The third-order valence-corrected chi connectivity index (χ3v) is 3.17. The van der Waals surface area contributed by atoms with Gasteiger partial charge in [0.25, 0.3) is 0 Å². The number of aryl methyl sites for hydroxylation is 1. The SMILES string of the molecule is Cc1[nH]c(-c2c[nH]c3ccccc23)cc1CO. The van der Waals surface area contributed by atoms with Gasteiger partial charge < -0.3 is 15.1 Å². The van der Waals surface area contributed by atoms with Gasteiger partial charge in [-0.3, -0.25) is 0 Å². The highest BCUT2D eigenvalue weighted by molar-refractivity contribution is 5.94. The highest BCUT2D eigenvalue weighted by atomic mass is 16.3. The first-order chi connectivity index (χ1) is 8.29. The van der Waals surface area contributed by atoms with Crippen LogP contribution in [-0.2, 0) is 6.61 Å². The highest BCUT2D eigenvalue weighted by Gasteiger charge is 2.09. The average molecular weight is 226 g/mol. The van der Waals surface area contributed by atoms with Crippen molar-refractivity contribution in [1.29, 1.82) is 0 Å². The van der Waals surface area contributed by atoms with Gasteiger partial charge in [-0.15, -0.1) is 0 Å². The van der Waals surface area contributed by atoms with E-state index in [1.54, 1.807) is 0 Å². The number of aliphatic hydroxyl groups is 1. The first-order valence-electron chi connectivity index (χ1n) is 5.65. The number of hydrogen-bond acceptors (Lipinski definition) is 1. The maximum absolute atomic E-state index is 9.21.